The molecule has 3 heterocycles. The molecule has 1 fully saturated rings. The van der Waals surface area contributed by atoms with Crippen LogP contribution < -0.4 is 5.56 Å². The van der Waals surface area contributed by atoms with Crippen LogP contribution in [0.3, 0.4) is 0 Å². The lowest BCUT2D eigenvalue weighted by atomic mass is 9.97. The molecule has 3 rings (SSSR count). The zero-order valence-corrected chi connectivity index (χ0v) is 16.2. The Hall–Kier alpha value is -2.22. The van der Waals surface area contributed by atoms with Gasteiger partial charge in [-0.1, -0.05) is 0 Å². The van der Waals surface area contributed by atoms with Gasteiger partial charge in [0.05, 0.1) is 5.39 Å². The fraction of sp³-hybridized carbons (Fsp3) is 0.556. The standard InChI is InChI=1S/C18H23N3O4S/c1-9-6-5-7-10(2)21(9)13(22)8-25-18(24)15-11(3)14-16(23)19-12(4)20-17(14)26-15/h9-10H,5-8H2,1-4H3,(H,19,20,23)/t9-,10-/m1/s1. The molecule has 2 aromatic heterocycles. The first-order chi connectivity index (χ1) is 12.3. The number of fused-ring (bicyclic) bond motifs is 1. The average molecular weight is 377 g/mol. The summed E-state index contributed by atoms with van der Waals surface area (Å²) in [6, 6.07) is 0.309. The van der Waals surface area contributed by atoms with Crippen LogP contribution in [0.2, 0.25) is 0 Å². The number of likely N-dealkylation sites (tertiary alicyclic amines) is 1. The van der Waals surface area contributed by atoms with Crippen molar-refractivity contribution in [3.8, 4) is 0 Å². The van der Waals surface area contributed by atoms with Gasteiger partial charge in [-0.2, -0.15) is 0 Å². The van der Waals surface area contributed by atoms with E-state index in [1.165, 1.54) is 0 Å². The lowest BCUT2D eigenvalue weighted by molar-refractivity contribution is -0.140. The van der Waals surface area contributed by atoms with Crippen LogP contribution in [0, 0.1) is 13.8 Å². The van der Waals surface area contributed by atoms with E-state index in [1.807, 2.05) is 18.7 Å². The van der Waals surface area contributed by atoms with Crippen molar-refractivity contribution in [2.45, 2.75) is 59.0 Å². The van der Waals surface area contributed by atoms with E-state index in [0.717, 1.165) is 30.6 Å². The molecule has 0 unspecified atom stereocenters. The Bertz CT molecular complexity index is 907. The molecule has 1 N–H and O–H groups in total. The summed E-state index contributed by atoms with van der Waals surface area (Å²) in [4.78, 5) is 46.6. The molecule has 1 aliphatic rings. The smallest absolute Gasteiger partial charge is 0.349 e. The third-order valence-electron chi connectivity index (χ3n) is 4.91. The van der Waals surface area contributed by atoms with Gasteiger partial charge in [0.15, 0.2) is 6.61 Å². The number of carbonyl (C=O) groups is 2. The van der Waals surface area contributed by atoms with Crippen molar-refractivity contribution in [1.29, 1.82) is 0 Å². The molecule has 0 aliphatic carbocycles. The van der Waals surface area contributed by atoms with Gasteiger partial charge in [-0.3, -0.25) is 9.59 Å². The molecule has 0 bridgehead atoms. The van der Waals surface area contributed by atoms with Crippen LogP contribution in [0.15, 0.2) is 4.79 Å². The topological polar surface area (TPSA) is 92.4 Å². The normalized spacial score (nSPS) is 20.4. The second-order valence-electron chi connectivity index (χ2n) is 6.89. The predicted molar refractivity (Wildman–Crippen MR) is 99.6 cm³/mol. The highest BCUT2D eigenvalue weighted by atomic mass is 32.1. The summed E-state index contributed by atoms with van der Waals surface area (Å²) in [5.41, 5.74) is 0.267. The summed E-state index contributed by atoms with van der Waals surface area (Å²) in [5.74, 6) is -0.274. The molecular formula is C18H23N3O4S. The first-order valence-corrected chi connectivity index (χ1v) is 9.59. The summed E-state index contributed by atoms with van der Waals surface area (Å²) in [7, 11) is 0. The third kappa shape index (κ3) is 3.38. The minimum atomic E-state index is -0.590. The number of esters is 1. The fourth-order valence-electron chi connectivity index (χ4n) is 3.63. The molecular weight excluding hydrogens is 354 g/mol. The molecule has 7 nitrogen and oxygen atoms in total. The van der Waals surface area contributed by atoms with Gasteiger partial charge >= 0.3 is 5.97 Å². The Kier molecular flexibility index (Phi) is 5.13. The van der Waals surface area contributed by atoms with Crippen molar-refractivity contribution in [3.63, 3.8) is 0 Å². The molecule has 0 aromatic carbocycles. The number of aromatic amines is 1. The highest BCUT2D eigenvalue weighted by molar-refractivity contribution is 7.20. The quantitative estimate of drug-likeness (QED) is 0.830. The monoisotopic (exact) mass is 377 g/mol. The van der Waals surface area contributed by atoms with Crippen molar-refractivity contribution < 1.29 is 14.3 Å². The summed E-state index contributed by atoms with van der Waals surface area (Å²) in [6.45, 7) is 7.13. The zero-order chi connectivity index (χ0) is 19.0. The van der Waals surface area contributed by atoms with Gasteiger partial charge in [0, 0.05) is 12.1 Å². The molecule has 26 heavy (non-hydrogen) atoms. The molecule has 1 amide bonds. The largest absolute Gasteiger partial charge is 0.451 e. The Morgan fingerprint density at radius 1 is 1.27 bits per heavy atom. The number of aryl methyl sites for hydroxylation is 2. The summed E-state index contributed by atoms with van der Waals surface area (Å²) < 4.78 is 5.26. The van der Waals surface area contributed by atoms with Gasteiger partial charge < -0.3 is 14.6 Å². The van der Waals surface area contributed by atoms with Crippen molar-refractivity contribution >= 4 is 33.4 Å². The summed E-state index contributed by atoms with van der Waals surface area (Å²) >= 11 is 1.12. The van der Waals surface area contributed by atoms with Crippen molar-refractivity contribution in [3.05, 3.63) is 26.6 Å². The number of H-pyrrole nitrogens is 1. The molecule has 0 radical (unpaired) electrons. The third-order valence-corrected chi connectivity index (χ3v) is 6.08. The van der Waals surface area contributed by atoms with Crippen molar-refractivity contribution in [2.24, 2.45) is 0 Å². The zero-order valence-electron chi connectivity index (χ0n) is 15.4. The number of carbonyl (C=O) groups excluding carboxylic acids is 2. The maximum atomic E-state index is 12.5. The second kappa shape index (κ2) is 7.19. The number of hydrogen-bond donors (Lipinski definition) is 1. The Morgan fingerprint density at radius 2 is 1.92 bits per heavy atom. The van der Waals surface area contributed by atoms with Crippen molar-refractivity contribution in [2.75, 3.05) is 6.61 Å². The Balaban J connectivity index is 1.75. The highest BCUT2D eigenvalue weighted by Gasteiger charge is 2.30. The highest BCUT2D eigenvalue weighted by Crippen LogP contribution is 2.28. The van der Waals surface area contributed by atoms with Gasteiger partial charge in [-0.15, -0.1) is 11.3 Å². The number of nitrogens with zero attached hydrogens (tertiary/aromatic N) is 2. The van der Waals surface area contributed by atoms with Crippen LogP contribution in [0.4, 0.5) is 0 Å². The van der Waals surface area contributed by atoms with E-state index < -0.39 is 5.97 Å². The molecule has 8 heteroatoms. The van der Waals surface area contributed by atoms with E-state index in [1.54, 1.807) is 13.8 Å². The maximum absolute atomic E-state index is 12.5. The summed E-state index contributed by atoms with van der Waals surface area (Å²) in [6.07, 6.45) is 3.04. The van der Waals surface area contributed by atoms with Gasteiger partial charge in [0.2, 0.25) is 0 Å². The lowest BCUT2D eigenvalue weighted by Gasteiger charge is -2.38. The van der Waals surface area contributed by atoms with E-state index in [0.29, 0.717) is 26.5 Å². The number of ether oxygens (including phenoxy) is 1. The number of aromatic nitrogens is 2. The van der Waals surface area contributed by atoms with Gasteiger partial charge in [-0.25, -0.2) is 9.78 Å². The number of thiophene rings is 1. The van der Waals surface area contributed by atoms with Crippen LogP contribution >= 0.6 is 11.3 Å². The van der Waals surface area contributed by atoms with Crippen molar-refractivity contribution in [1.82, 2.24) is 14.9 Å². The van der Waals surface area contributed by atoms with E-state index in [2.05, 4.69) is 9.97 Å². The van der Waals surface area contributed by atoms with E-state index in [-0.39, 0.29) is 30.2 Å². The van der Waals surface area contributed by atoms with Crippen LogP contribution in [0.1, 0.15) is 54.2 Å². The van der Waals surface area contributed by atoms with E-state index >= 15 is 0 Å². The minimum Gasteiger partial charge on any atom is -0.451 e. The van der Waals surface area contributed by atoms with Crippen LogP contribution in [-0.4, -0.2) is 45.4 Å². The molecule has 2 aromatic rings. The molecule has 0 spiro atoms. The number of piperidine rings is 1. The minimum absolute atomic E-state index is 0.154. The molecule has 0 saturated carbocycles. The van der Waals surface area contributed by atoms with Crippen LogP contribution in [-0.2, 0) is 9.53 Å². The fourth-order valence-corrected chi connectivity index (χ4v) is 4.75. The summed E-state index contributed by atoms with van der Waals surface area (Å²) in [5, 5.41) is 0.400. The van der Waals surface area contributed by atoms with Gasteiger partial charge in [0.25, 0.3) is 11.5 Å². The maximum Gasteiger partial charge on any atom is 0.349 e. The van der Waals surface area contributed by atoms with Crippen LogP contribution in [0.5, 0.6) is 0 Å². The first-order valence-electron chi connectivity index (χ1n) is 8.78. The van der Waals surface area contributed by atoms with Crippen LogP contribution in [0.25, 0.3) is 10.2 Å². The van der Waals surface area contributed by atoms with E-state index in [4.69, 9.17) is 4.74 Å². The van der Waals surface area contributed by atoms with Gasteiger partial charge in [0.1, 0.15) is 15.5 Å². The number of rotatable bonds is 3. The molecule has 2 atom stereocenters. The van der Waals surface area contributed by atoms with Gasteiger partial charge in [-0.05, 0) is 52.5 Å². The lowest BCUT2D eigenvalue weighted by Crippen LogP contribution is -2.49. The Morgan fingerprint density at radius 3 is 2.58 bits per heavy atom. The molecule has 1 saturated heterocycles. The predicted octanol–water partition coefficient (Wildman–Crippen LogP) is 2.55. The number of hydrogen-bond acceptors (Lipinski definition) is 6. The SMILES string of the molecule is Cc1nc2sc(C(=O)OCC(=O)N3[C@H](C)CCC[C@H]3C)c(C)c2c(=O)[nH]1. The van der Waals surface area contributed by atoms with E-state index in [9.17, 15) is 14.4 Å². The molecule has 140 valence electrons. The number of nitrogens with one attached hydrogen (secondary N) is 1. The molecule has 1 aliphatic heterocycles. The average Bonchev–Trinajstić information content (AvgIpc) is 2.89. The Labute approximate surface area is 155 Å². The second-order valence-corrected chi connectivity index (χ2v) is 7.89. The first kappa shape index (κ1) is 18.6. The number of amides is 1.